The van der Waals surface area contributed by atoms with E-state index in [9.17, 15) is 0 Å². The highest BCUT2D eigenvalue weighted by Crippen LogP contribution is 2.51. The summed E-state index contributed by atoms with van der Waals surface area (Å²) in [5.74, 6) is 0.108. The predicted molar refractivity (Wildman–Crippen MR) is 213 cm³/mol. The molecular weight excluding hydrogens is 661 g/mol. The van der Waals surface area contributed by atoms with Crippen LogP contribution in [-0.4, -0.2) is 0 Å². The third-order valence-electron chi connectivity index (χ3n) is 9.49. The van der Waals surface area contributed by atoms with Gasteiger partial charge in [0.2, 0.25) is 0 Å². The Bertz CT molecular complexity index is 1890. The van der Waals surface area contributed by atoms with Crippen LogP contribution in [0.25, 0.3) is 12.2 Å². The van der Waals surface area contributed by atoms with Crippen LogP contribution in [0.15, 0.2) is 169 Å². The highest BCUT2D eigenvalue weighted by Gasteiger charge is 2.35. The fourth-order valence-electron chi connectivity index (χ4n) is 7.06. The van der Waals surface area contributed by atoms with Crippen LogP contribution in [0.4, 0.5) is 0 Å². The first-order valence-corrected chi connectivity index (χ1v) is 19.9. The van der Waals surface area contributed by atoms with Crippen LogP contribution in [0.5, 0.6) is 0 Å². The van der Waals surface area contributed by atoms with Gasteiger partial charge in [0, 0.05) is 5.92 Å². The zero-order chi connectivity index (χ0) is 32.6. The molecule has 4 heteroatoms. The van der Waals surface area contributed by atoms with Crippen LogP contribution in [0, 0.1) is 5.92 Å². The van der Waals surface area contributed by atoms with E-state index in [2.05, 4.69) is 177 Å². The molecule has 2 atom stereocenters. The molecular formula is C44H34Cl2P2. The van der Waals surface area contributed by atoms with Gasteiger partial charge in [-0.05, 0) is 93.2 Å². The van der Waals surface area contributed by atoms with E-state index < -0.39 is 15.8 Å². The molecule has 0 amide bonds. The Morgan fingerprint density at radius 3 is 1.04 bits per heavy atom. The second-order valence-corrected chi connectivity index (χ2v) is 17.7. The van der Waals surface area contributed by atoms with Gasteiger partial charge in [0.25, 0.3) is 0 Å². The highest BCUT2D eigenvalue weighted by atomic mass is 35.5. The second-order valence-electron chi connectivity index (χ2n) is 12.4. The van der Waals surface area contributed by atoms with Crippen molar-refractivity contribution in [2.24, 2.45) is 5.92 Å². The van der Waals surface area contributed by atoms with Gasteiger partial charge in [-0.2, -0.15) is 0 Å². The largest absolute Gasteiger partial charge is 0.113 e. The number of hydrogen-bond donors (Lipinski definition) is 0. The van der Waals surface area contributed by atoms with Crippen molar-refractivity contribution in [1.82, 2.24) is 0 Å². The molecule has 8 rings (SSSR count). The van der Waals surface area contributed by atoms with Crippen molar-refractivity contribution < 1.29 is 0 Å². The van der Waals surface area contributed by atoms with Gasteiger partial charge in [-0.3, -0.25) is 0 Å². The quantitative estimate of drug-likeness (QED) is 0.110. The zero-order valence-corrected chi connectivity index (χ0v) is 29.8. The van der Waals surface area contributed by atoms with Crippen molar-refractivity contribution in [1.29, 1.82) is 0 Å². The molecule has 0 saturated carbocycles. The fourth-order valence-corrected chi connectivity index (χ4v) is 12.6. The molecule has 0 aromatic heterocycles. The summed E-state index contributed by atoms with van der Waals surface area (Å²) >= 11 is 14.6. The van der Waals surface area contributed by atoms with Gasteiger partial charge in [0.15, 0.2) is 0 Å². The molecule has 0 N–H and O–H groups in total. The molecule has 2 aliphatic rings. The van der Waals surface area contributed by atoms with Gasteiger partial charge in [0.05, 0.1) is 10.8 Å². The van der Waals surface area contributed by atoms with E-state index in [1.165, 1.54) is 65.2 Å². The standard InChI is InChI=1S/C44H34Cl2P2/c1-30(41-28-31-26-37(22-24-39(31)43(41)45)47(33-14-6-2-7-15-33)34-16-8-3-9-17-34)42-29-32-27-38(23-25-40(32)44(42)46)48(35-18-10-4-11-19-35)36-20-12-5-13-21-36/h2-30,43-44H,1H3. The van der Waals surface area contributed by atoms with Crippen molar-refractivity contribution in [3.05, 3.63) is 191 Å². The number of hydrogen-bond acceptors (Lipinski definition) is 0. The lowest BCUT2D eigenvalue weighted by molar-refractivity contribution is 0.754. The number of allylic oxidation sites excluding steroid dienone is 2. The smallest absolute Gasteiger partial charge is 0.0810 e. The van der Waals surface area contributed by atoms with E-state index in [1.807, 2.05) is 0 Å². The third-order valence-corrected chi connectivity index (χ3v) is 15.3. The molecule has 0 spiro atoms. The van der Waals surface area contributed by atoms with Crippen molar-refractivity contribution in [2.45, 2.75) is 17.7 Å². The van der Waals surface area contributed by atoms with Gasteiger partial charge in [0.1, 0.15) is 0 Å². The van der Waals surface area contributed by atoms with E-state index in [4.69, 9.17) is 23.2 Å². The van der Waals surface area contributed by atoms with Crippen LogP contribution in [0.3, 0.4) is 0 Å². The minimum atomic E-state index is -0.690. The normalized spacial score (nSPS) is 17.2. The summed E-state index contributed by atoms with van der Waals surface area (Å²) in [5.41, 5.74) is 7.23. The molecule has 0 saturated heterocycles. The van der Waals surface area contributed by atoms with Crippen LogP contribution in [-0.2, 0) is 0 Å². The van der Waals surface area contributed by atoms with Gasteiger partial charge < -0.3 is 0 Å². The van der Waals surface area contributed by atoms with E-state index in [0.717, 1.165) is 0 Å². The first-order valence-electron chi connectivity index (χ1n) is 16.4. The maximum absolute atomic E-state index is 7.28. The monoisotopic (exact) mass is 694 g/mol. The Morgan fingerprint density at radius 1 is 0.417 bits per heavy atom. The number of rotatable bonds is 8. The average Bonchev–Trinajstić information content (AvgIpc) is 3.65. The van der Waals surface area contributed by atoms with Crippen molar-refractivity contribution >= 4 is 83.0 Å². The minimum Gasteiger partial charge on any atom is -0.113 e. The Labute approximate surface area is 296 Å². The van der Waals surface area contributed by atoms with Crippen molar-refractivity contribution in [3.8, 4) is 0 Å². The number of halogens is 2. The van der Waals surface area contributed by atoms with Crippen LogP contribution in [0.2, 0.25) is 0 Å². The summed E-state index contributed by atoms with van der Waals surface area (Å²) in [6.45, 7) is 2.27. The minimum absolute atomic E-state index is 0.108. The Hall–Kier alpha value is -3.76. The summed E-state index contributed by atoms with van der Waals surface area (Å²) in [5, 5.41) is 7.68. The SMILES string of the molecule is CC(C1=Cc2cc(P(c3ccccc3)c3ccccc3)ccc2C1Cl)C1=Cc2cc(P(c3ccccc3)c3ccccc3)ccc2C1Cl. The first kappa shape index (κ1) is 31.5. The summed E-state index contributed by atoms with van der Waals surface area (Å²) in [4.78, 5) is 0. The van der Waals surface area contributed by atoms with E-state index in [-0.39, 0.29) is 16.7 Å². The van der Waals surface area contributed by atoms with Gasteiger partial charge in [-0.25, -0.2) is 0 Å². The lowest BCUT2D eigenvalue weighted by atomic mass is 9.89. The molecule has 0 aliphatic heterocycles. The molecule has 2 aliphatic carbocycles. The molecule has 0 fully saturated rings. The average molecular weight is 696 g/mol. The Balaban J connectivity index is 1.12. The molecule has 48 heavy (non-hydrogen) atoms. The van der Waals surface area contributed by atoms with E-state index in [0.29, 0.717) is 0 Å². The van der Waals surface area contributed by atoms with Crippen molar-refractivity contribution in [3.63, 3.8) is 0 Å². The molecule has 234 valence electrons. The second kappa shape index (κ2) is 13.6. The first-order chi connectivity index (χ1) is 23.6. The number of fused-ring (bicyclic) bond motifs is 2. The zero-order valence-electron chi connectivity index (χ0n) is 26.5. The number of benzene rings is 6. The summed E-state index contributed by atoms with van der Waals surface area (Å²) in [6, 6.07) is 57.3. The molecule has 0 heterocycles. The van der Waals surface area contributed by atoms with Crippen LogP contribution < -0.4 is 31.8 Å². The summed E-state index contributed by atoms with van der Waals surface area (Å²) in [6.07, 6.45) is 4.65. The molecule has 0 nitrogen and oxygen atoms in total. The third kappa shape index (κ3) is 5.91. The summed E-state index contributed by atoms with van der Waals surface area (Å²) < 4.78 is 0. The van der Waals surface area contributed by atoms with Crippen LogP contribution >= 0.6 is 39.0 Å². The fraction of sp³-hybridized carbons (Fsp3) is 0.0909. The maximum atomic E-state index is 7.28. The molecule has 0 bridgehead atoms. The van der Waals surface area contributed by atoms with Gasteiger partial charge >= 0.3 is 0 Å². The Morgan fingerprint density at radius 2 is 0.729 bits per heavy atom. The van der Waals surface area contributed by atoms with Crippen molar-refractivity contribution in [2.75, 3.05) is 0 Å². The molecule has 6 aromatic carbocycles. The topological polar surface area (TPSA) is 0 Å². The van der Waals surface area contributed by atoms with Gasteiger partial charge in [-0.15, -0.1) is 23.2 Å². The molecule has 0 radical (unpaired) electrons. The predicted octanol–water partition coefficient (Wildman–Crippen LogP) is 9.89. The number of alkyl halides is 2. The lowest BCUT2D eigenvalue weighted by Crippen LogP contribution is -2.20. The maximum Gasteiger partial charge on any atom is 0.0810 e. The molecule has 2 unspecified atom stereocenters. The highest BCUT2D eigenvalue weighted by molar-refractivity contribution is 7.80. The summed E-state index contributed by atoms with van der Waals surface area (Å²) in [7, 11) is -1.38. The molecule has 6 aromatic rings. The van der Waals surface area contributed by atoms with E-state index in [1.54, 1.807) is 0 Å². The van der Waals surface area contributed by atoms with Gasteiger partial charge in [-0.1, -0.05) is 165 Å². The lowest BCUT2D eigenvalue weighted by Gasteiger charge is -2.22. The Kier molecular flexibility index (Phi) is 8.94. The van der Waals surface area contributed by atoms with Crippen LogP contribution in [0.1, 0.15) is 39.9 Å². The van der Waals surface area contributed by atoms with E-state index >= 15 is 0 Å².